The smallest absolute Gasteiger partial charge is 0.303 e. The third-order valence-corrected chi connectivity index (χ3v) is 4.72. The second kappa shape index (κ2) is 11.0. The molecule has 0 radical (unpaired) electrons. The van der Waals surface area contributed by atoms with Crippen molar-refractivity contribution in [1.82, 2.24) is 0 Å². The van der Waals surface area contributed by atoms with Gasteiger partial charge in [-0.15, -0.1) is 11.8 Å². The number of nitrogens with one attached hydrogen (secondary N) is 2. The number of carboxylic acid groups (broad SMARTS) is 1. The summed E-state index contributed by atoms with van der Waals surface area (Å²) in [6.07, 6.45) is -0.297. The van der Waals surface area contributed by atoms with Crippen LogP contribution in [0.4, 0.5) is 11.4 Å². The minimum Gasteiger partial charge on any atom is -0.497 e. The molecule has 29 heavy (non-hydrogen) atoms. The van der Waals surface area contributed by atoms with E-state index in [0.717, 1.165) is 4.90 Å². The summed E-state index contributed by atoms with van der Waals surface area (Å²) < 4.78 is 10.4. The Kier molecular flexibility index (Phi) is 8.35. The number of carbonyl (C=O) groups is 3. The number of carbonyl (C=O) groups excluding carboxylic acids is 2. The number of hydrogen-bond donors (Lipinski definition) is 3. The molecule has 3 N–H and O–H groups in total. The van der Waals surface area contributed by atoms with Crippen LogP contribution in [0.15, 0.2) is 47.4 Å². The van der Waals surface area contributed by atoms with Gasteiger partial charge in [0.05, 0.1) is 26.4 Å². The van der Waals surface area contributed by atoms with Crippen molar-refractivity contribution < 1.29 is 29.0 Å². The van der Waals surface area contributed by atoms with Crippen LogP contribution >= 0.6 is 11.8 Å². The lowest BCUT2D eigenvalue weighted by molar-refractivity contribution is -0.138. The average Bonchev–Trinajstić information content (AvgIpc) is 2.71. The maximum atomic E-state index is 12.2. The van der Waals surface area contributed by atoms with Crippen LogP contribution in [-0.4, -0.2) is 42.9 Å². The highest BCUT2D eigenvalue weighted by atomic mass is 32.2. The second-order valence-electron chi connectivity index (χ2n) is 5.90. The van der Waals surface area contributed by atoms with Crippen LogP contribution in [0.5, 0.6) is 11.5 Å². The van der Waals surface area contributed by atoms with Crippen molar-refractivity contribution >= 4 is 40.9 Å². The number of aliphatic carboxylic acids is 1. The van der Waals surface area contributed by atoms with E-state index in [4.69, 9.17) is 14.6 Å². The van der Waals surface area contributed by atoms with Crippen LogP contribution in [0.2, 0.25) is 0 Å². The molecule has 2 aromatic carbocycles. The van der Waals surface area contributed by atoms with Crippen molar-refractivity contribution in [3.05, 3.63) is 42.5 Å². The Morgan fingerprint density at radius 1 is 0.862 bits per heavy atom. The van der Waals surface area contributed by atoms with E-state index < -0.39 is 5.97 Å². The number of hydrogen-bond acceptors (Lipinski definition) is 6. The molecule has 0 saturated carbocycles. The van der Waals surface area contributed by atoms with E-state index in [9.17, 15) is 14.4 Å². The Morgan fingerprint density at radius 3 is 2.00 bits per heavy atom. The fourth-order valence-electron chi connectivity index (χ4n) is 2.30. The largest absolute Gasteiger partial charge is 0.497 e. The molecule has 0 spiro atoms. The standard InChI is InChI=1S/C20H22N2O6S/c1-27-15-9-14(10-16(11-15)28-2)22-19(24)12-29-17-5-3-13(4-6-17)21-18(23)7-8-20(25)26/h3-6,9-11H,7-8,12H2,1-2H3,(H,21,23)(H,22,24)(H,25,26). The lowest BCUT2D eigenvalue weighted by Gasteiger charge is -2.10. The van der Waals surface area contributed by atoms with Crippen molar-refractivity contribution in [2.75, 3.05) is 30.6 Å². The zero-order valence-corrected chi connectivity index (χ0v) is 16.9. The molecule has 8 nitrogen and oxygen atoms in total. The lowest BCUT2D eigenvalue weighted by Crippen LogP contribution is -2.14. The molecule has 0 atom stereocenters. The number of benzene rings is 2. The van der Waals surface area contributed by atoms with Gasteiger partial charge in [-0.1, -0.05) is 0 Å². The van der Waals surface area contributed by atoms with Crippen LogP contribution in [0, 0.1) is 0 Å². The van der Waals surface area contributed by atoms with Crippen LogP contribution in [-0.2, 0) is 14.4 Å². The van der Waals surface area contributed by atoms with Gasteiger partial charge in [-0.05, 0) is 24.3 Å². The molecular weight excluding hydrogens is 396 g/mol. The Morgan fingerprint density at radius 2 is 1.45 bits per heavy atom. The third-order valence-electron chi connectivity index (χ3n) is 3.71. The third kappa shape index (κ3) is 7.74. The lowest BCUT2D eigenvalue weighted by atomic mass is 10.2. The number of thioether (sulfide) groups is 1. The van der Waals surface area contributed by atoms with Crippen molar-refractivity contribution in [1.29, 1.82) is 0 Å². The topological polar surface area (TPSA) is 114 Å². The minimum absolute atomic E-state index is 0.0823. The molecule has 0 fully saturated rings. The van der Waals surface area contributed by atoms with Gasteiger partial charge < -0.3 is 25.2 Å². The molecule has 0 aliphatic heterocycles. The van der Waals surface area contributed by atoms with E-state index in [1.807, 2.05) is 0 Å². The Labute approximate surface area is 172 Å². The van der Waals surface area contributed by atoms with E-state index >= 15 is 0 Å². The molecular formula is C20H22N2O6S. The zero-order valence-electron chi connectivity index (χ0n) is 16.1. The van der Waals surface area contributed by atoms with Gasteiger partial charge in [0.2, 0.25) is 11.8 Å². The summed E-state index contributed by atoms with van der Waals surface area (Å²) in [5, 5.41) is 14.0. The Bertz CT molecular complexity index is 848. The second-order valence-corrected chi connectivity index (χ2v) is 6.95. The summed E-state index contributed by atoms with van der Waals surface area (Å²) in [7, 11) is 3.07. The number of rotatable bonds is 10. The highest BCUT2D eigenvalue weighted by molar-refractivity contribution is 8.00. The molecule has 0 aliphatic rings. The van der Waals surface area contributed by atoms with Crippen molar-refractivity contribution in [2.24, 2.45) is 0 Å². The zero-order chi connectivity index (χ0) is 21.2. The first-order chi connectivity index (χ1) is 13.9. The molecule has 0 unspecified atom stereocenters. The summed E-state index contributed by atoms with van der Waals surface area (Å²) in [4.78, 5) is 35.2. The van der Waals surface area contributed by atoms with Crippen LogP contribution in [0.3, 0.4) is 0 Å². The van der Waals surface area contributed by atoms with E-state index in [0.29, 0.717) is 22.9 Å². The Hall–Kier alpha value is -3.20. The van der Waals surface area contributed by atoms with Gasteiger partial charge in [-0.3, -0.25) is 14.4 Å². The first-order valence-electron chi connectivity index (χ1n) is 8.67. The number of anilines is 2. The van der Waals surface area contributed by atoms with Crippen LogP contribution in [0.25, 0.3) is 0 Å². The van der Waals surface area contributed by atoms with E-state index in [-0.39, 0.29) is 30.4 Å². The van der Waals surface area contributed by atoms with Gasteiger partial charge in [-0.2, -0.15) is 0 Å². The average molecular weight is 418 g/mol. The van der Waals surface area contributed by atoms with Crippen molar-refractivity contribution in [3.8, 4) is 11.5 Å². The van der Waals surface area contributed by atoms with E-state index in [1.165, 1.54) is 26.0 Å². The fraction of sp³-hybridized carbons (Fsp3) is 0.250. The molecule has 0 saturated heterocycles. The number of carboxylic acids is 1. The van der Waals surface area contributed by atoms with Crippen molar-refractivity contribution in [2.45, 2.75) is 17.7 Å². The number of amides is 2. The first kappa shape index (κ1) is 22.1. The maximum Gasteiger partial charge on any atom is 0.303 e. The molecule has 2 amide bonds. The molecule has 2 aromatic rings. The highest BCUT2D eigenvalue weighted by Crippen LogP contribution is 2.26. The molecule has 0 aromatic heterocycles. The summed E-state index contributed by atoms with van der Waals surface area (Å²) >= 11 is 1.34. The van der Waals surface area contributed by atoms with Crippen LogP contribution in [0.1, 0.15) is 12.8 Å². The van der Waals surface area contributed by atoms with Crippen molar-refractivity contribution in [3.63, 3.8) is 0 Å². The van der Waals surface area contributed by atoms with Gasteiger partial charge >= 0.3 is 5.97 Å². The molecule has 0 aliphatic carbocycles. The maximum absolute atomic E-state index is 12.2. The summed E-state index contributed by atoms with van der Waals surface area (Å²) in [5.41, 5.74) is 1.14. The van der Waals surface area contributed by atoms with Gasteiger partial charge in [-0.25, -0.2) is 0 Å². The fourth-order valence-corrected chi connectivity index (χ4v) is 3.00. The summed E-state index contributed by atoms with van der Waals surface area (Å²) in [6, 6.07) is 12.1. The minimum atomic E-state index is -1.02. The summed E-state index contributed by atoms with van der Waals surface area (Å²) in [6.45, 7) is 0. The molecule has 0 bridgehead atoms. The number of ether oxygens (including phenoxy) is 2. The van der Waals surface area contributed by atoms with Gasteiger partial charge in [0.25, 0.3) is 0 Å². The molecule has 2 rings (SSSR count). The van der Waals surface area contributed by atoms with Gasteiger partial charge in [0.1, 0.15) is 11.5 Å². The van der Waals surface area contributed by atoms with E-state index in [1.54, 1.807) is 42.5 Å². The molecule has 0 heterocycles. The monoisotopic (exact) mass is 418 g/mol. The number of methoxy groups -OCH3 is 2. The van der Waals surface area contributed by atoms with E-state index in [2.05, 4.69) is 10.6 Å². The predicted octanol–water partition coefficient (Wildman–Crippen LogP) is 3.24. The Balaban J connectivity index is 1.84. The molecule has 154 valence electrons. The quantitative estimate of drug-likeness (QED) is 0.508. The normalized spacial score (nSPS) is 10.1. The first-order valence-corrected chi connectivity index (χ1v) is 9.65. The molecule has 9 heteroatoms. The predicted molar refractivity (Wildman–Crippen MR) is 111 cm³/mol. The highest BCUT2D eigenvalue weighted by Gasteiger charge is 2.08. The van der Waals surface area contributed by atoms with Crippen LogP contribution < -0.4 is 20.1 Å². The SMILES string of the molecule is COc1cc(NC(=O)CSc2ccc(NC(=O)CCC(=O)O)cc2)cc(OC)c1. The van der Waals surface area contributed by atoms with Gasteiger partial charge in [0.15, 0.2) is 0 Å². The van der Waals surface area contributed by atoms with Gasteiger partial charge in [0, 0.05) is 40.9 Å². The summed E-state index contributed by atoms with van der Waals surface area (Å²) in [5.74, 6) is -0.208.